The van der Waals surface area contributed by atoms with Crippen LogP contribution in [0.25, 0.3) is 0 Å². The molecule has 40 heavy (non-hydrogen) atoms. The van der Waals surface area contributed by atoms with Gasteiger partial charge in [-0.25, -0.2) is 18.2 Å². The van der Waals surface area contributed by atoms with Gasteiger partial charge in [0.05, 0.1) is 21.9 Å². The number of aromatic nitrogens is 1. The van der Waals surface area contributed by atoms with Crippen LogP contribution in [0.15, 0.2) is 59.6 Å². The number of carbonyl (C=O) groups is 2. The largest absolute Gasteiger partial charge is 0.478 e. The number of benzene rings is 2. The normalized spacial score (nSPS) is 17.4. The summed E-state index contributed by atoms with van der Waals surface area (Å²) in [6, 6.07) is 12.2. The molecule has 2 fully saturated rings. The number of anilines is 1. The molecule has 1 amide bonds. The van der Waals surface area contributed by atoms with E-state index in [1.807, 2.05) is 0 Å². The van der Waals surface area contributed by atoms with Crippen LogP contribution in [0.5, 0.6) is 10.8 Å². The molecule has 2 saturated carbocycles. The van der Waals surface area contributed by atoms with E-state index in [0.29, 0.717) is 39.2 Å². The maximum absolute atomic E-state index is 13.5. The fourth-order valence-electron chi connectivity index (χ4n) is 5.39. The van der Waals surface area contributed by atoms with Crippen molar-refractivity contribution in [1.29, 1.82) is 0 Å². The van der Waals surface area contributed by atoms with Gasteiger partial charge in [0, 0.05) is 6.04 Å². The first kappa shape index (κ1) is 28.3. The van der Waals surface area contributed by atoms with Crippen molar-refractivity contribution in [3.63, 3.8) is 0 Å². The van der Waals surface area contributed by atoms with Crippen LogP contribution in [0.2, 0.25) is 0 Å². The summed E-state index contributed by atoms with van der Waals surface area (Å²) < 4.78 is 31.9. The molecule has 9 nitrogen and oxygen atoms in total. The molecule has 2 aliphatic carbocycles. The Hall–Kier alpha value is -3.28. The van der Waals surface area contributed by atoms with E-state index < -0.39 is 21.8 Å². The van der Waals surface area contributed by atoms with Crippen LogP contribution < -0.4 is 15.4 Å². The molecule has 1 heterocycles. The number of thiazole rings is 1. The van der Waals surface area contributed by atoms with Gasteiger partial charge in [0.1, 0.15) is 11.8 Å². The highest BCUT2D eigenvalue weighted by Crippen LogP contribution is 2.33. The first-order valence-electron chi connectivity index (χ1n) is 13.7. The molecule has 3 N–H and O–H groups in total. The van der Waals surface area contributed by atoms with Crippen LogP contribution in [0.3, 0.4) is 0 Å². The summed E-state index contributed by atoms with van der Waals surface area (Å²) >= 11 is 1.16. The number of rotatable bonds is 10. The molecule has 3 aromatic rings. The van der Waals surface area contributed by atoms with Gasteiger partial charge in [-0.3, -0.25) is 10.1 Å². The SMILES string of the molecule is O=C(O)c1ccc(Oc2cnc(NC(=O)C(NC3CCCCC3)c3ccc(S(=O)(=O)C4CCCC4)cc3)s2)cc1. The van der Waals surface area contributed by atoms with Gasteiger partial charge in [-0.05, 0) is 67.6 Å². The van der Waals surface area contributed by atoms with Crippen molar-refractivity contribution in [2.45, 2.75) is 80.0 Å². The van der Waals surface area contributed by atoms with Crippen LogP contribution in [0.1, 0.15) is 79.8 Å². The summed E-state index contributed by atoms with van der Waals surface area (Å²) in [5.74, 6) is -0.851. The first-order chi connectivity index (χ1) is 19.3. The Bertz CT molecular complexity index is 1430. The first-order valence-corrected chi connectivity index (χ1v) is 16.0. The number of hydrogen-bond donors (Lipinski definition) is 3. The molecule has 5 rings (SSSR count). The zero-order valence-corrected chi connectivity index (χ0v) is 23.7. The number of carboxylic acids is 1. The Labute approximate surface area is 237 Å². The van der Waals surface area contributed by atoms with Crippen LogP contribution >= 0.6 is 11.3 Å². The molecule has 1 atom stereocenters. The maximum Gasteiger partial charge on any atom is 0.335 e. The highest BCUT2D eigenvalue weighted by Gasteiger charge is 2.31. The van der Waals surface area contributed by atoms with Crippen LogP contribution in [-0.4, -0.2) is 41.7 Å². The van der Waals surface area contributed by atoms with Crippen LogP contribution in [0.4, 0.5) is 5.13 Å². The number of ether oxygens (including phenoxy) is 1. The monoisotopic (exact) mass is 583 g/mol. The van der Waals surface area contributed by atoms with Gasteiger partial charge in [-0.15, -0.1) is 0 Å². The lowest BCUT2D eigenvalue weighted by Gasteiger charge is -2.28. The Morgan fingerprint density at radius 1 is 0.925 bits per heavy atom. The molecule has 0 bridgehead atoms. The zero-order chi connectivity index (χ0) is 28.1. The quantitative estimate of drug-likeness (QED) is 0.266. The van der Waals surface area contributed by atoms with E-state index in [-0.39, 0.29) is 22.8 Å². The van der Waals surface area contributed by atoms with Crippen molar-refractivity contribution >= 4 is 38.2 Å². The molecule has 0 saturated heterocycles. The van der Waals surface area contributed by atoms with Gasteiger partial charge in [0.25, 0.3) is 0 Å². The molecule has 212 valence electrons. The summed E-state index contributed by atoms with van der Waals surface area (Å²) in [6.45, 7) is 0. The standard InChI is InChI=1S/C29H33N3O6S2/c33-27(32-29-30-18-25(39-29)38-22-14-10-20(11-15-22)28(34)35)26(31-21-6-2-1-3-7-21)19-12-16-24(17-13-19)40(36,37)23-8-4-5-9-23/h10-18,21,23,26,31H,1-9H2,(H,34,35)(H,30,32,33). The summed E-state index contributed by atoms with van der Waals surface area (Å²) in [6.07, 6.45) is 10.1. The molecule has 1 unspecified atom stereocenters. The lowest BCUT2D eigenvalue weighted by atomic mass is 9.94. The Morgan fingerprint density at radius 3 is 2.23 bits per heavy atom. The fourth-order valence-corrected chi connectivity index (χ4v) is 7.94. The number of nitrogens with zero attached hydrogens (tertiary/aromatic N) is 1. The Balaban J connectivity index is 1.30. The maximum atomic E-state index is 13.5. The van der Waals surface area contributed by atoms with Gasteiger partial charge in [0.15, 0.2) is 15.0 Å². The zero-order valence-electron chi connectivity index (χ0n) is 22.0. The number of carboxylic acid groups (broad SMARTS) is 1. The van der Waals surface area contributed by atoms with E-state index in [1.165, 1.54) is 24.8 Å². The number of amides is 1. The van der Waals surface area contributed by atoms with E-state index in [2.05, 4.69) is 15.6 Å². The van der Waals surface area contributed by atoms with Gasteiger partial charge in [-0.2, -0.15) is 0 Å². The van der Waals surface area contributed by atoms with Gasteiger partial charge >= 0.3 is 5.97 Å². The minimum atomic E-state index is -3.38. The van der Waals surface area contributed by atoms with Gasteiger partial charge < -0.3 is 15.2 Å². The van der Waals surface area contributed by atoms with Crippen LogP contribution in [0, 0.1) is 0 Å². The second-order valence-electron chi connectivity index (χ2n) is 10.4. The van der Waals surface area contributed by atoms with E-state index in [9.17, 15) is 18.0 Å². The minimum absolute atomic E-state index is 0.158. The molecular weight excluding hydrogens is 550 g/mol. The van der Waals surface area contributed by atoms with Crippen molar-refractivity contribution < 1.29 is 27.9 Å². The second-order valence-corrected chi connectivity index (χ2v) is 13.6. The summed E-state index contributed by atoms with van der Waals surface area (Å²) in [5.41, 5.74) is 0.852. The average molecular weight is 584 g/mol. The number of carbonyl (C=O) groups excluding carboxylic acids is 1. The van der Waals surface area contributed by atoms with Crippen molar-refractivity contribution in [1.82, 2.24) is 10.3 Å². The Morgan fingerprint density at radius 2 is 1.57 bits per heavy atom. The third kappa shape index (κ3) is 6.71. The third-order valence-electron chi connectivity index (χ3n) is 7.59. The second kappa shape index (κ2) is 12.5. The molecule has 2 aliphatic rings. The smallest absolute Gasteiger partial charge is 0.335 e. The number of nitrogens with one attached hydrogen (secondary N) is 2. The summed E-state index contributed by atoms with van der Waals surface area (Å²) in [4.78, 5) is 29.2. The van der Waals surface area contributed by atoms with Crippen LogP contribution in [-0.2, 0) is 14.6 Å². The molecule has 0 spiro atoms. The van der Waals surface area contributed by atoms with Crippen molar-refractivity contribution in [3.8, 4) is 10.8 Å². The van der Waals surface area contributed by atoms with Crippen molar-refractivity contribution in [2.24, 2.45) is 0 Å². The summed E-state index contributed by atoms with van der Waals surface area (Å²) in [5, 5.41) is 15.9. The fraction of sp³-hybridized carbons (Fsp3) is 0.414. The number of hydrogen-bond acceptors (Lipinski definition) is 8. The molecule has 2 aromatic carbocycles. The lowest BCUT2D eigenvalue weighted by Crippen LogP contribution is -2.40. The third-order valence-corrected chi connectivity index (χ3v) is 10.7. The highest BCUT2D eigenvalue weighted by molar-refractivity contribution is 7.92. The predicted molar refractivity (Wildman–Crippen MR) is 153 cm³/mol. The molecule has 11 heteroatoms. The Kier molecular flexibility index (Phi) is 8.82. The van der Waals surface area contributed by atoms with Crippen molar-refractivity contribution in [2.75, 3.05) is 5.32 Å². The minimum Gasteiger partial charge on any atom is -0.478 e. The van der Waals surface area contributed by atoms with E-state index in [1.54, 1.807) is 36.4 Å². The highest BCUT2D eigenvalue weighted by atomic mass is 32.2. The molecular formula is C29H33N3O6S2. The number of sulfone groups is 1. The lowest BCUT2D eigenvalue weighted by molar-refractivity contribution is -0.118. The van der Waals surface area contributed by atoms with Gasteiger partial charge in [0.2, 0.25) is 11.0 Å². The molecule has 0 aliphatic heterocycles. The summed E-state index contributed by atoms with van der Waals surface area (Å²) in [7, 11) is -3.38. The average Bonchev–Trinajstić information content (AvgIpc) is 3.66. The van der Waals surface area contributed by atoms with Crippen molar-refractivity contribution in [3.05, 3.63) is 65.9 Å². The topological polar surface area (TPSA) is 135 Å². The number of aromatic carboxylic acids is 1. The van der Waals surface area contributed by atoms with Gasteiger partial charge in [-0.1, -0.05) is 55.6 Å². The molecule has 0 radical (unpaired) electrons. The van der Waals surface area contributed by atoms with E-state index in [4.69, 9.17) is 9.84 Å². The predicted octanol–water partition coefficient (Wildman–Crippen LogP) is 5.95. The van der Waals surface area contributed by atoms with E-state index in [0.717, 1.165) is 49.9 Å². The van der Waals surface area contributed by atoms with E-state index >= 15 is 0 Å². The molecule has 1 aromatic heterocycles.